The summed E-state index contributed by atoms with van der Waals surface area (Å²) in [6, 6.07) is 1.18. The van der Waals surface area contributed by atoms with Gasteiger partial charge in [-0.25, -0.2) is 9.78 Å². The van der Waals surface area contributed by atoms with Crippen LogP contribution in [-0.2, 0) is 4.74 Å². The lowest BCUT2D eigenvalue weighted by molar-refractivity contribution is 0.0594. The Morgan fingerprint density at radius 1 is 1.05 bits per heavy atom. The molecule has 1 aromatic heterocycles. The molecule has 0 amide bonds. The van der Waals surface area contributed by atoms with Gasteiger partial charge >= 0.3 is 5.97 Å². The number of methoxy groups -OCH3 is 1. The molecule has 2 rings (SSSR count). The molecular weight excluding hydrogens is 398 g/mol. The summed E-state index contributed by atoms with van der Waals surface area (Å²) in [5, 5.41) is -0.0331. The van der Waals surface area contributed by atoms with Gasteiger partial charge in [-0.15, -0.1) is 0 Å². The Morgan fingerprint density at radius 2 is 1.55 bits per heavy atom. The van der Waals surface area contributed by atoms with E-state index in [0.29, 0.717) is 0 Å². The summed E-state index contributed by atoms with van der Waals surface area (Å²) in [4.78, 5) is 15.0. The van der Waals surface area contributed by atoms with Gasteiger partial charge in [0.25, 0.3) is 0 Å². The number of pyridine rings is 1. The third kappa shape index (κ3) is 2.99. The number of hydrogen-bond donors (Lipinski definition) is 0. The first-order valence-electron chi connectivity index (χ1n) is 5.55. The second-order valence-corrected chi connectivity index (χ2v) is 5.89. The number of carbonyl (C=O) groups excluding carboxylic acids is 1. The largest absolute Gasteiger partial charge is 0.465 e. The molecule has 22 heavy (non-hydrogen) atoms. The fourth-order valence-corrected chi connectivity index (χ4v) is 3.05. The van der Waals surface area contributed by atoms with Crippen molar-refractivity contribution < 1.29 is 13.9 Å². The second kappa shape index (κ2) is 6.77. The first-order chi connectivity index (χ1) is 10.3. The van der Waals surface area contributed by atoms with Gasteiger partial charge in [0.15, 0.2) is 0 Å². The molecule has 0 bridgehead atoms. The monoisotopic (exact) mass is 401 g/mol. The normalized spacial score (nSPS) is 10.7. The minimum atomic E-state index is -0.992. The molecule has 0 aliphatic heterocycles. The topological polar surface area (TPSA) is 39.2 Å². The smallest absolute Gasteiger partial charge is 0.342 e. The highest BCUT2D eigenvalue weighted by Gasteiger charge is 2.23. The number of carbonyl (C=O) groups is 1. The SMILES string of the molecule is COC(=O)c1cc(-c2c(Cl)c(Cl)c(Cl)c(Cl)c2Cl)cnc1F. The molecule has 0 radical (unpaired) electrons. The summed E-state index contributed by atoms with van der Waals surface area (Å²) in [7, 11) is 1.12. The molecule has 1 heterocycles. The fraction of sp³-hybridized carbons (Fsp3) is 0.0769. The van der Waals surface area contributed by atoms with E-state index >= 15 is 0 Å². The van der Waals surface area contributed by atoms with E-state index in [0.717, 1.165) is 13.3 Å². The van der Waals surface area contributed by atoms with Crippen molar-refractivity contribution >= 4 is 64.0 Å². The van der Waals surface area contributed by atoms with Gasteiger partial charge in [0.2, 0.25) is 5.95 Å². The van der Waals surface area contributed by atoms with Crippen LogP contribution in [0, 0.1) is 5.95 Å². The highest BCUT2D eigenvalue weighted by atomic mass is 35.5. The maximum absolute atomic E-state index is 13.6. The number of aromatic nitrogens is 1. The van der Waals surface area contributed by atoms with Crippen LogP contribution >= 0.6 is 58.0 Å². The van der Waals surface area contributed by atoms with E-state index in [1.807, 2.05) is 0 Å². The lowest BCUT2D eigenvalue weighted by Crippen LogP contribution is -2.06. The van der Waals surface area contributed by atoms with Gasteiger partial charge in [-0.05, 0) is 6.07 Å². The molecule has 3 nitrogen and oxygen atoms in total. The number of rotatable bonds is 2. The molecule has 116 valence electrons. The van der Waals surface area contributed by atoms with Crippen molar-refractivity contribution in [2.45, 2.75) is 0 Å². The Bertz CT molecular complexity index is 753. The van der Waals surface area contributed by atoms with Crippen LogP contribution in [0.2, 0.25) is 25.1 Å². The molecule has 0 aliphatic rings. The number of ether oxygens (including phenoxy) is 1. The van der Waals surface area contributed by atoms with Gasteiger partial charge in [0, 0.05) is 17.3 Å². The Labute approximate surface area is 149 Å². The van der Waals surface area contributed by atoms with Crippen molar-refractivity contribution in [3.05, 3.63) is 48.9 Å². The second-order valence-electron chi connectivity index (χ2n) is 4.00. The molecule has 9 heteroatoms. The lowest BCUT2D eigenvalue weighted by atomic mass is 10.1. The molecule has 0 N–H and O–H groups in total. The predicted octanol–water partition coefficient (Wildman–Crippen LogP) is 5.94. The number of hydrogen-bond acceptors (Lipinski definition) is 3. The van der Waals surface area contributed by atoms with E-state index in [1.165, 1.54) is 6.07 Å². The maximum atomic E-state index is 13.6. The van der Waals surface area contributed by atoms with Crippen LogP contribution in [0.5, 0.6) is 0 Å². The Balaban J connectivity index is 2.76. The number of benzene rings is 1. The fourth-order valence-electron chi connectivity index (χ4n) is 1.70. The zero-order valence-electron chi connectivity index (χ0n) is 10.7. The van der Waals surface area contributed by atoms with Crippen LogP contribution in [0.1, 0.15) is 10.4 Å². The van der Waals surface area contributed by atoms with Crippen molar-refractivity contribution in [1.29, 1.82) is 0 Å². The Kier molecular flexibility index (Phi) is 5.41. The van der Waals surface area contributed by atoms with Gasteiger partial charge < -0.3 is 4.74 Å². The highest BCUT2D eigenvalue weighted by Crippen LogP contribution is 2.48. The number of halogens is 6. The van der Waals surface area contributed by atoms with E-state index in [2.05, 4.69) is 9.72 Å². The van der Waals surface area contributed by atoms with Crippen LogP contribution in [0.25, 0.3) is 11.1 Å². The molecule has 0 spiro atoms. The van der Waals surface area contributed by atoms with Crippen molar-refractivity contribution in [3.8, 4) is 11.1 Å². The third-order valence-corrected chi connectivity index (χ3v) is 5.02. The molecule has 0 unspecified atom stereocenters. The van der Waals surface area contributed by atoms with Crippen molar-refractivity contribution in [3.63, 3.8) is 0 Å². The van der Waals surface area contributed by atoms with E-state index in [-0.39, 0.29) is 41.8 Å². The van der Waals surface area contributed by atoms with Crippen molar-refractivity contribution in [2.75, 3.05) is 7.11 Å². The molecule has 0 atom stereocenters. The summed E-state index contributed by atoms with van der Waals surface area (Å²) < 4.78 is 18.1. The molecule has 2 aromatic rings. The average Bonchev–Trinajstić information content (AvgIpc) is 2.52. The van der Waals surface area contributed by atoms with E-state index < -0.39 is 11.9 Å². The zero-order valence-corrected chi connectivity index (χ0v) is 14.5. The minimum Gasteiger partial charge on any atom is -0.465 e. The van der Waals surface area contributed by atoms with Gasteiger partial charge in [-0.3, -0.25) is 0 Å². The lowest BCUT2D eigenvalue weighted by Gasteiger charge is -2.13. The van der Waals surface area contributed by atoms with Crippen LogP contribution in [0.15, 0.2) is 12.3 Å². The molecule has 0 aliphatic carbocycles. The number of esters is 1. The summed E-state index contributed by atoms with van der Waals surface area (Å²) >= 11 is 30.1. The Morgan fingerprint density at radius 3 is 2.05 bits per heavy atom. The van der Waals surface area contributed by atoms with Crippen LogP contribution < -0.4 is 0 Å². The van der Waals surface area contributed by atoms with Gasteiger partial charge in [-0.1, -0.05) is 58.0 Å². The molecule has 0 saturated heterocycles. The van der Waals surface area contributed by atoms with Crippen molar-refractivity contribution in [1.82, 2.24) is 4.98 Å². The molecular formula is C13H5Cl5FNO2. The summed E-state index contributed by atoms with van der Waals surface area (Å²) in [5.41, 5.74) is 0.0342. The zero-order chi connectivity index (χ0) is 16.6. The average molecular weight is 403 g/mol. The van der Waals surface area contributed by atoms with Gasteiger partial charge in [-0.2, -0.15) is 4.39 Å². The Hall–Kier alpha value is -0.780. The van der Waals surface area contributed by atoms with Crippen LogP contribution in [0.4, 0.5) is 4.39 Å². The van der Waals surface area contributed by atoms with Gasteiger partial charge in [0.05, 0.1) is 32.2 Å². The molecule has 1 aromatic carbocycles. The predicted molar refractivity (Wildman–Crippen MR) is 86.0 cm³/mol. The van der Waals surface area contributed by atoms with E-state index in [9.17, 15) is 9.18 Å². The maximum Gasteiger partial charge on any atom is 0.342 e. The minimum absolute atomic E-state index is 0.00490. The van der Waals surface area contributed by atoms with E-state index in [4.69, 9.17) is 58.0 Å². The van der Waals surface area contributed by atoms with E-state index in [1.54, 1.807) is 0 Å². The molecule has 0 saturated carbocycles. The summed E-state index contributed by atoms with van der Waals surface area (Å²) in [6.07, 6.45) is 1.13. The van der Waals surface area contributed by atoms with Crippen LogP contribution in [0.3, 0.4) is 0 Å². The summed E-state index contributed by atoms with van der Waals surface area (Å²) in [6.45, 7) is 0. The third-order valence-electron chi connectivity index (χ3n) is 2.74. The first-order valence-corrected chi connectivity index (χ1v) is 7.44. The first kappa shape index (κ1) is 17.6. The standard InChI is InChI=1S/C13H5Cl5FNO2/c1-22-13(21)5-2-4(3-20-12(5)19)6-7(14)9(16)11(18)10(17)8(6)15/h2-3H,1H3. The highest BCUT2D eigenvalue weighted by molar-refractivity contribution is 6.56. The van der Waals surface area contributed by atoms with Crippen LogP contribution in [-0.4, -0.2) is 18.1 Å². The van der Waals surface area contributed by atoms with Crippen molar-refractivity contribution in [2.24, 2.45) is 0 Å². The summed E-state index contributed by atoms with van der Waals surface area (Å²) in [5.74, 6) is -1.89. The van der Waals surface area contributed by atoms with Gasteiger partial charge in [0.1, 0.15) is 5.56 Å². The molecule has 0 fully saturated rings. The number of nitrogens with zero attached hydrogens (tertiary/aromatic N) is 1. The quantitative estimate of drug-likeness (QED) is 0.270.